The van der Waals surface area contributed by atoms with Gasteiger partial charge in [0.25, 0.3) is 0 Å². The monoisotopic (exact) mass is 364 g/mol. The van der Waals surface area contributed by atoms with Gasteiger partial charge < -0.3 is 0 Å². The highest BCUT2D eigenvalue weighted by Crippen LogP contribution is 2.25. The van der Waals surface area contributed by atoms with E-state index in [9.17, 15) is 0 Å². The van der Waals surface area contributed by atoms with Gasteiger partial charge in [-0.1, -0.05) is 36.7 Å². The Hall–Kier alpha value is 0.170. The van der Waals surface area contributed by atoms with Crippen LogP contribution >= 0.6 is 31.9 Å². The predicted octanol–water partition coefficient (Wildman–Crippen LogP) is 4.49. The highest BCUT2D eigenvalue weighted by atomic mass is 79.9. The molecule has 1 unspecified atom stereocenters. The highest BCUT2D eigenvalue weighted by molar-refractivity contribution is 9.10. The molecule has 0 fully saturated rings. The summed E-state index contributed by atoms with van der Waals surface area (Å²) < 4.78 is 3.22. The van der Waals surface area contributed by atoms with Crippen molar-refractivity contribution in [3.63, 3.8) is 0 Å². The molecule has 2 nitrogen and oxygen atoms in total. The zero-order valence-corrected chi connectivity index (χ0v) is 14.3. The SMILES string of the molecule is CCc1nn(C)c(CCCC(Br)C(C)C)c1Br. The van der Waals surface area contributed by atoms with Gasteiger partial charge in [0.15, 0.2) is 0 Å². The minimum absolute atomic E-state index is 0.625. The molecule has 1 aromatic rings. The fourth-order valence-corrected chi connectivity index (χ4v) is 3.03. The molecule has 0 aliphatic carbocycles. The predicted molar refractivity (Wildman–Crippen MR) is 80.8 cm³/mol. The summed E-state index contributed by atoms with van der Waals surface area (Å²) in [6.07, 6.45) is 4.51. The molecule has 0 spiro atoms. The first kappa shape index (κ1) is 15.2. The smallest absolute Gasteiger partial charge is 0.0766 e. The van der Waals surface area contributed by atoms with Crippen molar-refractivity contribution in [3.8, 4) is 0 Å². The number of hydrogen-bond donors (Lipinski definition) is 0. The molecule has 1 rings (SSSR count). The number of hydrogen-bond acceptors (Lipinski definition) is 1. The zero-order valence-electron chi connectivity index (χ0n) is 11.1. The highest BCUT2D eigenvalue weighted by Gasteiger charge is 2.13. The van der Waals surface area contributed by atoms with Crippen molar-refractivity contribution in [2.45, 2.75) is 51.3 Å². The molecule has 1 aromatic heterocycles. The molecule has 98 valence electrons. The van der Waals surface area contributed by atoms with Gasteiger partial charge in [0, 0.05) is 11.9 Å². The Kier molecular flexibility index (Phi) is 6.21. The van der Waals surface area contributed by atoms with Crippen LogP contribution in [-0.2, 0) is 19.9 Å². The van der Waals surface area contributed by atoms with E-state index in [0.29, 0.717) is 10.7 Å². The van der Waals surface area contributed by atoms with E-state index in [1.54, 1.807) is 0 Å². The minimum Gasteiger partial charge on any atom is -0.271 e. The Morgan fingerprint density at radius 2 is 2.00 bits per heavy atom. The first-order valence-corrected chi connectivity index (χ1v) is 8.02. The Balaban J connectivity index is 2.55. The van der Waals surface area contributed by atoms with Crippen molar-refractivity contribution >= 4 is 31.9 Å². The molecule has 0 saturated heterocycles. The van der Waals surface area contributed by atoms with E-state index in [2.05, 4.69) is 57.7 Å². The van der Waals surface area contributed by atoms with Crippen LogP contribution in [0.5, 0.6) is 0 Å². The van der Waals surface area contributed by atoms with Crippen LogP contribution in [0.4, 0.5) is 0 Å². The summed E-state index contributed by atoms with van der Waals surface area (Å²) in [5, 5.41) is 4.52. The van der Waals surface area contributed by atoms with Crippen molar-refractivity contribution < 1.29 is 0 Å². The van der Waals surface area contributed by atoms with Crippen molar-refractivity contribution in [3.05, 3.63) is 15.9 Å². The Bertz CT molecular complexity index is 359. The summed E-state index contributed by atoms with van der Waals surface area (Å²) in [5.41, 5.74) is 2.49. The number of rotatable bonds is 6. The topological polar surface area (TPSA) is 17.8 Å². The fourth-order valence-electron chi connectivity index (χ4n) is 1.89. The summed E-state index contributed by atoms with van der Waals surface area (Å²) in [7, 11) is 2.04. The van der Waals surface area contributed by atoms with Gasteiger partial charge in [0.2, 0.25) is 0 Å². The molecule has 0 bridgehead atoms. The number of halogens is 2. The maximum absolute atomic E-state index is 4.52. The molecule has 4 heteroatoms. The Morgan fingerprint density at radius 3 is 2.47 bits per heavy atom. The van der Waals surface area contributed by atoms with Gasteiger partial charge in [0.1, 0.15) is 0 Å². The van der Waals surface area contributed by atoms with Crippen molar-refractivity contribution in [2.24, 2.45) is 13.0 Å². The third-order valence-corrected chi connectivity index (χ3v) is 5.55. The molecule has 1 heterocycles. The number of nitrogens with zero attached hydrogens (tertiary/aromatic N) is 2. The summed E-state index contributed by atoms with van der Waals surface area (Å²) in [6.45, 7) is 6.66. The first-order chi connectivity index (χ1) is 7.97. The van der Waals surface area contributed by atoms with Crippen LogP contribution in [0.2, 0.25) is 0 Å². The molecule has 0 amide bonds. The third kappa shape index (κ3) is 4.09. The molecular formula is C13H22Br2N2. The zero-order chi connectivity index (χ0) is 13.0. The van der Waals surface area contributed by atoms with Crippen LogP contribution in [0.25, 0.3) is 0 Å². The van der Waals surface area contributed by atoms with E-state index >= 15 is 0 Å². The third-order valence-electron chi connectivity index (χ3n) is 3.12. The van der Waals surface area contributed by atoms with Gasteiger partial charge in [-0.15, -0.1) is 0 Å². The van der Waals surface area contributed by atoms with E-state index < -0.39 is 0 Å². The van der Waals surface area contributed by atoms with Gasteiger partial charge in [-0.2, -0.15) is 5.10 Å². The first-order valence-electron chi connectivity index (χ1n) is 6.31. The lowest BCUT2D eigenvalue weighted by molar-refractivity contribution is 0.554. The van der Waals surface area contributed by atoms with Crippen LogP contribution in [0.1, 0.15) is 45.0 Å². The van der Waals surface area contributed by atoms with Gasteiger partial charge in [-0.05, 0) is 47.5 Å². The lowest BCUT2D eigenvalue weighted by atomic mass is 10.0. The molecule has 0 aliphatic rings. The van der Waals surface area contributed by atoms with E-state index in [4.69, 9.17) is 0 Å². The standard InChI is InChI=1S/C13H22Br2N2/c1-5-11-13(15)12(17(4)16-11)8-6-7-10(14)9(2)3/h9-10H,5-8H2,1-4H3. The normalized spacial score (nSPS) is 13.4. The molecular weight excluding hydrogens is 344 g/mol. The number of aryl methyl sites for hydroxylation is 2. The largest absolute Gasteiger partial charge is 0.271 e. The maximum atomic E-state index is 4.52. The van der Waals surface area contributed by atoms with Crippen LogP contribution in [0, 0.1) is 5.92 Å². The van der Waals surface area contributed by atoms with Gasteiger partial charge >= 0.3 is 0 Å². The van der Waals surface area contributed by atoms with Crippen LogP contribution in [0.15, 0.2) is 4.47 Å². The van der Waals surface area contributed by atoms with Crippen molar-refractivity contribution in [1.82, 2.24) is 9.78 Å². The van der Waals surface area contributed by atoms with E-state index in [1.807, 2.05) is 11.7 Å². The van der Waals surface area contributed by atoms with E-state index in [-0.39, 0.29) is 0 Å². The summed E-state index contributed by atoms with van der Waals surface area (Å²) in [5.74, 6) is 0.705. The second kappa shape index (κ2) is 6.93. The molecule has 0 radical (unpaired) electrons. The number of alkyl halides is 1. The molecule has 0 aromatic carbocycles. The lowest BCUT2D eigenvalue weighted by Crippen LogP contribution is -2.08. The van der Waals surface area contributed by atoms with Crippen LogP contribution in [-0.4, -0.2) is 14.6 Å². The molecule has 0 N–H and O–H groups in total. The van der Waals surface area contributed by atoms with Crippen LogP contribution in [0.3, 0.4) is 0 Å². The van der Waals surface area contributed by atoms with E-state index in [1.165, 1.54) is 28.7 Å². The Morgan fingerprint density at radius 1 is 1.35 bits per heavy atom. The van der Waals surface area contributed by atoms with Crippen molar-refractivity contribution in [2.75, 3.05) is 0 Å². The summed E-state index contributed by atoms with van der Waals surface area (Å²) in [4.78, 5) is 0.625. The number of aromatic nitrogens is 2. The second-order valence-corrected chi connectivity index (χ2v) is 6.81. The second-order valence-electron chi connectivity index (χ2n) is 4.84. The summed E-state index contributed by atoms with van der Waals surface area (Å²) in [6, 6.07) is 0. The minimum atomic E-state index is 0.625. The average molecular weight is 366 g/mol. The quantitative estimate of drug-likeness (QED) is 0.679. The lowest BCUT2D eigenvalue weighted by Gasteiger charge is -2.13. The van der Waals surface area contributed by atoms with E-state index in [0.717, 1.165) is 12.8 Å². The van der Waals surface area contributed by atoms with Gasteiger partial charge in [0.05, 0.1) is 15.9 Å². The summed E-state index contributed by atoms with van der Waals surface area (Å²) >= 11 is 7.40. The average Bonchev–Trinajstić information content (AvgIpc) is 2.55. The Labute approximate surface area is 121 Å². The van der Waals surface area contributed by atoms with Gasteiger partial charge in [-0.3, -0.25) is 4.68 Å². The molecule has 0 aliphatic heterocycles. The molecule has 17 heavy (non-hydrogen) atoms. The van der Waals surface area contributed by atoms with Crippen molar-refractivity contribution in [1.29, 1.82) is 0 Å². The molecule has 1 atom stereocenters. The van der Waals surface area contributed by atoms with Crippen LogP contribution < -0.4 is 0 Å². The maximum Gasteiger partial charge on any atom is 0.0766 e. The molecule has 0 saturated carbocycles. The van der Waals surface area contributed by atoms with Gasteiger partial charge in [-0.25, -0.2) is 0 Å². The fraction of sp³-hybridized carbons (Fsp3) is 0.769.